The third kappa shape index (κ3) is 3.80. The molecule has 1 saturated heterocycles. The molecule has 9 heteroatoms. The topological polar surface area (TPSA) is 92.5 Å². The summed E-state index contributed by atoms with van der Waals surface area (Å²) in [6.45, 7) is 1.91. The number of alkyl halides is 3. The average Bonchev–Trinajstić information content (AvgIpc) is 3.29. The molecule has 0 radical (unpaired) electrons. The van der Waals surface area contributed by atoms with Crippen molar-refractivity contribution in [3.8, 4) is 22.4 Å². The Morgan fingerprint density at radius 1 is 0.906 bits per heavy atom. The van der Waals surface area contributed by atoms with E-state index >= 15 is 0 Å². The molecular weight excluding hydrogens is 417 g/mol. The molecule has 4 aromatic rings. The summed E-state index contributed by atoms with van der Waals surface area (Å²) in [5.74, 6) is 0.633. The smallest absolute Gasteiger partial charge is 0.383 e. The van der Waals surface area contributed by atoms with Crippen molar-refractivity contribution in [2.75, 3.05) is 18.8 Å². The summed E-state index contributed by atoms with van der Waals surface area (Å²) in [5, 5.41) is 11.8. The van der Waals surface area contributed by atoms with Crippen LogP contribution in [0.5, 0.6) is 0 Å². The largest absolute Gasteiger partial charge is 0.416 e. The van der Waals surface area contributed by atoms with Gasteiger partial charge in [0, 0.05) is 46.1 Å². The number of H-pyrrole nitrogens is 1. The van der Waals surface area contributed by atoms with Crippen molar-refractivity contribution in [3.05, 3.63) is 60.2 Å². The van der Waals surface area contributed by atoms with Gasteiger partial charge in [-0.3, -0.25) is 10.1 Å². The van der Waals surface area contributed by atoms with Gasteiger partial charge < -0.3 is 11.1 Å². The quantitative estimate of drug-likeness (QED) is 0.429. The number of nitrogens with one attached hydrogen (secondary N) is 2. The van der Waals surface area contributed by atoms with Crippen LogP contribution in [0, 0.1) is 0 Å². The molecule has 164 valence electrons. The Hall–Kier alpha value is -3.46. The lowest BCUT2D eigenvalue weighted by molar-refractivity contribution is -0.137. The molecule has 1 aliphatic heterocycles. The van der Waals surface area contributed by atoms with Crippen molar-refractivity contribution in [1.29, 1.82) is 0 Å². The zero-order valence-electron chi connectivity index (χ0n) is 17.1. The van der Waals surface area contributed by atoms with Gasteiger partial charge in [-0.2, -0.15) is 18.3 Å². The molecule has 5 rings (SSSR count). The van der Waals surface area contributed by atoms with E-state index in [9.17, 15) is 13.2 Å². The number of fused-ring (bicyclic) bond motifs is 1. The maximum atomic E-state index is 13.1. The Labute approximate surface area is 182 Å². The van der Waals surface area contributed by atoms with E-state index in [-0.39, 0.29) is 5.82 Å². The number of anilines is 1. The molecule has 0 spiro atoms. The second kappa shape index (κ2) is 7.90. The summed E-state index contributed by atoms with van der Waals surface area (Å²) in [6, 6.07) is 7.09. The van der Waals surface area contributed by atoms with E-state index < -0.39 is 11.7 Å². The normalized spacial score (nSPS) is 15.3. The van der Waals surface area contributed by atoms with Crippen LogP contribution in [-0.2, 0) is 6.18 Å². The molecule has 6 nitrogen and oxygen atoms in total. The van der Waals surface area contributed by atoms with Crippen molar-refractivity contribution < 1.29 is 13.2 Å². The highest BCUT2D eigenvalue weighted by Crippen LogP contribution is 2.36. The number of nitrogens with zero attached hydrogens (tertiary/aromatic N) is 3. The fraction of sp³-hybridized carbons (Fsp3) is 0.261. The highest BCUT2D eigenvalue weighted by Gasteiger charge is 2.30. The molecule has 1 fully saturated rings. The first kappa shape index (κ1) is 20.4. The number of halogens is 3. The Bertz CT molecular complexity index is 1270. The number of benzene rings is 1. The van der Waals surface area contributed by atoms with Gasteiger partial charge in [0.2, 0.25) is 0 Å². The summed E-state index contributed by atoms with van der Waals surface area (Å²) in [4.78, 5) is 8.77. The average molecular weight is 438 g/mol. The molecule has 4 heterocycles. The standard InChI is InChI=1S/C23H21F3N6/c24-23(25,26)17-2-1-14-10-29-20(9-15(14)7-17)18-8-16(11-30-22(18)27)19-12-31-32-21(19)13-3-5-28-6-4-13/h1-2,7-13,28H,3-6H2,(H2,27,30)(H,31,32). The van der Waals surface area contributed by atoms with Crippen molar-refractivity contribution in [3.63, 3.8) is 0 Å². The number of aromatic amines is 1. The Morgan fingerprint density at radius 3 is 2.50 bits per heavy atom. The molecule has 1 aromatic carbocycles. The van der Waals surface area contributed by atoms with E-state index in [1.807, 2.05) is 6.07 Å². The predicted octanol–water partition coefficient (Wildman–Crippen LogP) is 4.75. The van der Waals surface area contributed by atoms with Crippen LogP contribution in [0.3, 0.4) is 0 Å². The number of nitrogens with two attached hydrogens (primary N) is 1. The number of hydrogen-bond acceptors (Lipinski definition) is 5. The van der Waals surface area contributed by atoms with E-state index in [0.29, 0.717) is 27.9 Å². The van der Waals surface area contributed by atoms with E-state index in [2.05, 4.69) is 25.5 Å². The van der Waals surface area contributed by atoms with Crippen LogP contribution < -0.4 is 11.1 Å². The van der Waals surface area contributed by atoms with Crippen molar-refractivity contribution in [1.82, 2.24) is 25.5 Å². The van der Waals surface area contributed by atoms with Gasteiger partial charge in [-0.05, 0) is 55.6 Å². The zero-order chi connectivity index (χ0) is 22.3. The van der Waals surface area contributed by atoms with Crippen LogP contribution in [0.2, 0.25) is 0 Å². The Balaban J connectivity index is 1.56. The second-order valence-electron chi connectivity index (χ2n) is 8.01. The lowest BCUT2D eigenvalue weighted by atomic mass is 9.90. The molecule has 0 saturated carbocycles. The number of pyridine rings is 2. The predicted molar refractivity (Wildman–Crippen MR) is 117 cm³/mol. The molecule has 0 aliphatic carbocycles. The Kier molecular flexibility index (Phi) is 5.05. The number of aromatic nitrogens is 4. The zero-order valence-corrected chi connectivity index (χ0v) is 17.1. The van der Waals surface area contributed by atoms with Gasteiger partial charge in [0.05, 0.1) is 17.5 Å². The summed E-state index contributed by atoms with van der Waals surface area (Å²) >= 11 is 0. The van der Waals surface area contributed by atoms with Crippen LogP contribution in [-0.4, -0.2) is 33.3 Å². The lowest BCUT2D eigenvalue weighted by Crippen LogP contribution is -2.27. The first-order valence-corrected chi connectivity index (χ1v) is 10.4. The SMILES string of the molecule is Nc1ncc(-c2cn[nH]c2C2CCNCC2)cc1-c1cc2cc(C(F)(F)F)ccc2cn1. The fourth-order valence-corrected chi connectivity index (χ4v) is 4.24. The molecule has 32 heavy (non-hydrogen) atoms. The van der Waals surface area contributed by atoms with Crippen LogP contribution in [0.25, 0.3) is 33.2 Å². The fourth-order valence-electron chi connectivity index (χ4n) is 4.24. The number of nitrogen functional groups attached to an aromatic ring is 1. The third-order valence-corrected chi connectivity index (χ3v) is 5.97. The van der Waals surface area contributed by atoms with Crippen LogP contribution in [0.15, 0.2) is 48.9 Å². The van der Waals surface area contributed by atoms with Gasteiger partial charge in [0.1, 0.15) is 5.82 Å². The summed E-state index contributed by atoms with van der Waals surface area (Å²) in [6.07, 6.45) is 2.63. The number of piperidine rings is 1. The first-order chi connectivity index (χ1) is 15.4. The van der Waals surface area contributed by atoms with Gasteiger partial charge >= 0.3 is 6.18 Å². The van der Waals surface area contributed by atoms with E-state index in [0.717, 1.165) is 54.9 Å². The van der Waals surface area contributed by atoms with Crippen molar-refractivity contribution in [2.45, 2.75) is 24.9 Å². The monoisotopic (exact) mass is 438 g/mol. The minimum atomic E-state index is -4.41. The number of rotatable bonds is 3. The van der Waals surface area contributed by atoms with Gasteiger partial charge in [-0.1, -0.05) is 6.07 Å². The Morgan fingerprint density at radius 2 is 1.72 bits per heavy atom. The van der Waals surface area contributed by atoms with Gasteiger partial charge in [-0.15, -0.1) is 0 Å². The highest BCUT2D eigenvalue weighted by molar-refractivity contribution is 5.88. The lowest BCUT2D eigenvalue weighted by Gasteiger charge is -2.22. The minimum absolute atomic E-state index is 0.263. The molecule has 0 bridgehead atoms. The summed E-state index contributed by atoms with van der Waals surface area (Å²) in [5.41, 5.74) is 9.32. The minimum Gasteiger partial charge on any atom is -0.383 e. The second-order valence-corrected chi connectivity index (χ2v) is 8.01. The van der Waals surface area contributed by atoms with Crippen LogP contribution in [0.4, 0.5) is 19.0 Å². The molecular formula is C23H21F3N6. The van der Waals surface area contributed by atoms with Crippen LogP contribution >= 0.6 is 0 Å². The maximum absolute atomic E-state index is 13.1. The molecule has 1 aliphatic rings. The van der Waals surface area contributed by atoms with E-state index in [1.165, 1.54) is 6.07 Å². The molecule has 4 N–H and O–H groups in total. The van der Waals surface area contributed by atoms with E-state index in [4.69, 9.17) is 5.73 Å². The number of hydrogen-bond donors (Lipinski definition) is 3. The van der Waals surface area contributed by atoms with Crippen LogP contribution in [0.1, 0.15) is 30.0 Å². The van der Waals surface area contributed by atoms with Gasteiger partial charge in [0.15, 0.2) is 0 Å². The summed E-state index contributed by atoms with van der Waals surface area (Å²) in [7, 11) is 0. The molecule has 3 aromatic heterocycles. The highest BCUT2D eigenvalue weighted by atomic mass is 19.4. The van der Waals surface area contributed by atoms with Gasteiger partial charge in [-0.25, -0.2) is 4.98 Å². The van der Waals surface area contributed by atoms with E-state index in [1.54, 1.807) is 24.7 Å². The molecule has 0 unspecified atom stereocenters. The first-order valence-electron chi connectivity index (χ1n) is 10.4. The van der Waals surface area contributed by atoms with Crippen molar-refractivity contribution >= 4 is 16.6 Å². The third-order valence-electron chi connectivity index (χ3n) is 5.97. The summed E-state index contributed by atoms with van der Waals surface area (Å²) < 4.78 is 39.4. The van der Waals surface area contributed by atoms with Crippen molar-refractivity contribution in [2.24, 2.45) is 0 Å². The van der Waals surface area contributed by atoms with Gasteiger partial charge in [0.25, 0.3) is 0 Å². The maximum Gasteiger partial charge on any atom is 0.416 e. The molecule has 0 amide bonds. The molecule has 0 atom stereocenters.